The molecular weight excluding hydrogens is 344 g/mol. The van der Waals surface area contributed by atoms with Crippen LogP contribution in [0.2, 0.25) is 0 Å². The van der Waals surface area contributed by atoms with Crippen molar-refractivity contribution in [1.29, 1.82) is 0 Å². The molecule has 0 bridgehead atoms. The van der Waals surface area contributed by atoms with E-state index in [-0.39, 0.29) is 12.0 Å². The summed E-state index contributed by atoms with van der Waals surface area (Å²) in [6.45, 7) is 1.20. The maximum absolute atomic E-state index is 13.1. The lowest BCUT2D eigenvalue weighted by atomic mass is 10.0. The number of nitrogens with two attached hydrogens (primary N) is 1. The smallest absolute Gasteiger partial charge is 0.331 e. The number of furan rings is 1. The van der Waals surface area contributed by atoms with Gasteiger partial charge in [0.15, 0.2) is 11.4 Å². The number of imidazole rings is 1. The van der Waals surface area contributed by atoms with Crippen molar-refractivity contribution in [3.8, 4) is 11.5 Å². The summed E-state index contributed by atoms with van der Waals surface area (Å²) in [4.78, 5) is 27.7. The Balaban J connectivity index is 1.55. The third-order valence-electron chi connectivity index (χ3n) is 4.78. The normalized spacial score (nSPS) is 13.7. The number of hydrogen-bond donors (Lipinski definition) is 1. The zero-order valence-corrected chi connectivity index (χ0v) is 14.4. The number of fused-ring (bicyclic) bond motifs is 2. The van der Waals surface area contributed by atoms with Gasteiger partial charge in [-0.05, 0) is 29.7 Å². The first-order valence-corrected chi connectivity index (χ1v) is 8.61. The fraction of sp³-hybridized carbons (Fsp3) is 0.158. The lowest BCUT2D eigenvalue weighted by Gasteiger charge is -2.28. The van der Waals surface area contributed by atoms with Crippen LogP contribution in [0.1, 0.15) is 11.1 Å². The molecule has 8 nitrogen and oxygen atoms in total. The second-order valence-corrected chi connectivity index (χ2v) is 6.42. The van der Waals surface area contributed by atoms with Gasteiger partial charge in [0.25, 0.3) is 0 Å². The van der Waals surface area contributed by atoms with E-state index in [1.54, 1.807) is 23.3 Å². The van der Waals surface area contributed by atoms with Crippen molar-refractivity contribution in [3.05, 3.63) is 60.1 Å². The van der Waals surface area contributed by atoms with Gasteiger partial charge in [0.1, 0.15) is 17.5 Å². The van der Waals surface area contributed by atoms with E-state index >= 15 is 0 Å². The first-order chi connectivity index (χ1) is 13.2. The number of hydrogen-bond acceptors (Lipinski definition) is 6. The molecular formula is C19H16N6O2. The lowest BCUT2D eigenvalue weighted by molar-refractivity contribution is 0.195. The summed E-state index contributed by atoms with van der Waals surface area (Å²) >= 11 is 0. The van der Waals surface area contributed by atoms with Gasteiger partial charge in [0, 0.05) is 13.1 Å². The minimum absolute atomic E-state index is 0.0624. The zero-order valence-electron chi connectivity index (χ0n) is 14.4. The Morgan fingerprint density at radius 1 is 1.11 bits per heavy atom. The topological polar surface area (TPSA) is 103 Å². The van der Waals surface area contributed by atoms with Crippen LogP contribution in [0.3, 0.4) is 0 Å². The van der Waals surface area contributed by atoms with Crippen LogP contribution in [-0.2, 0) is 13.0 Å². The second kappa shape index (κ2) is 5.94. The van der Waals surface area contributed by atoms with E-state index in [2.05, 4.69) is 27.1 Å². The summed E-state index contributed by atoms with van der Waals surface area (Å²) in [6, 6.07) is 11.5. The number of amides is 1. The van der Waals surface area contributed by atoms with Crippen LogP contribution in [0.25, 0.3) is 22.6 Å². The van der Waals surface area contributed by atoms with Gasteiger partial charge in [-0.2, -0.15) is 4.98 Å². The summed E-state index contributed by atoms with van der Waals surface area (Å²) < 4.78 is 6.84. The molecule has 1 amide bonds. The highest BCUT2D eigenvalue weighted by Crippen LogP contribution is 2.27. The van der Waals surface area contributed by atoms with Crippen molar-refractivity contribution in [2.75, 3.05) is 12.3 Å². The van der Waals surface area contributed by atoms with E-state index < -0.39 is 0 Å². The van der Waals surface area contributed by atoms with E-state index in [4.69, 9.17) is 10.2 Å². The first kappa shape index (κ1) is 15.6. The molecule has 0 saturated carbocycles. The Morgan fingerprint density at radius 2 is 1.96 bits per heavy atom. The largest absolute Gasteiger partial charge is 0.463 e. The molecule has 0 unspecified atom stereocenters. The van der Waals surface area contributed by atoms with Crippen molar-refractivity contribution in [2.45, 2.75) is 13.0 Å². The Hall–Kier alpha value is -3.68. The van der Waals surface area contributed by atoms with Crippen LogP contribution in [0.15, 0.2) is 53.4 Å². The SMILES string of the molecule is Nc1nc(-c2ccco2)c2ncn(C(=O)N3CCc4ccccc4C3)c2n1. The van der Waals surface area contributed by atoms with Crippen LogP contribution in [0.4, 0.5) is 10.7 Å². The van der Waals surface area contributed by atoms with Crippen LogP contribution < -0.4 is 5.73 Å². The minimum Gasteiger partial charge on any atom is -0.463 e. The maximum atomic E-state index is 13.1. The highest BCUT2D eigenvalue weighted by atomic mass is 16.3. The quantitative estimate of drug-likeness (QED) is 0.560. The Kier molecular flexibility index (Phi) is 3.43. The molecule has 4 heterocycles. The Morgan fingerprint density at radius 3 is 2.78 bits per heavy atom. The summed E-state index contributed by atoms with van der Waals surface area (Å²) in [6.07, 6.45) is 3.84. The number of carbonyl (C=O) groups excluding carboxylic acids is 1. The minimum atomic E-state index is -0.185. The molecule has 0 spiro atoms. The monoisotopic (exact) mass is 360 g/mol. The van der Waals surface area contributed by atoms with Gasteiger partial charge < -0.3 is 15.1 Å². The summed E-state index contributed by atoms with van der Waals surface area (Å²) in [5.41, 5.74) is 9.63. The standard InChI is InChI=1S/C19H16N6O2/c20-18-22-15(14-6-3-9-27-14)16-17(23-18)25(11-21-16)19(26)24-8-7-12-4-1-2-5-13(12)10-24/h1-6,9,11H,7-8,10H2,(H2,20,22,23). The number of aromatic nitrogens is 4. The molecule has 1 aliphatic heterocycles. The van der Waals surface area contributed by atoms with Gasteiger partial charge in [-0.15, -0.1) is 0 Å². The van der Waals surface area contributed by atoms with E-state index in [1.165, 1.54) is 16.5 Å². The van der Waals surface area contributed by atoms with Gasteiger partial charge in [-0.1, -0.05) is 24.3 Å². The average Bonchev–Trinajstić information content (AvgIpc) is 3.36. The molecule has 0 fully saturated rings. The number of nitrogens with zero attached hydrogens (tertiary/aromatic N) is 5. The number of nitrogen functional groups attached to an aromatic ring is 1. The molecule has 0 saturated heterocycles. The molecule has 0 aliphatic carbocycles. The Bertz CT molecular complexity index is 1150. The Labute approximate surface area is 154 Å². The third-order valence-corrected chi connectivity index (χ3v) is 4.78. The molecule has 134 valence electrons. The number of anilines is 1. The van der Waals surface area contributed by atoms with E-state index in [0.29, 0.717) is 35.7 Å². The van der Waals surface area contributed by atoms with Crippen molar-refractivity contribution < 1.29 is 9.21 Å². The molecule has 2 N–H and O–H groups in total. The van der Waals surface area contributed by atoms with E-state index in [0.717, 1.165) is 12.0 Å². The summed E-state index contributed by atoms with van der Waals surface area (Å²) in [7, 11) is 0. The van der Waals surface area contributed by atoms with E-state index in [1.807, 2.05) is 12.1 Å². The molecule has 0 atom stereocenters. The zero-order chi connectivity index (χ0) is 18.4. The van der Waals surface area contributed by atoms with Gasteiger partial charge in [-0.3, -0.25) is 0 Å². The van der Waals surface area contributed by atoms with Crippen LogP contribution in [-0.4, -0.2) is 37.0 Å². The first-order valence-electron chi connectivity index (χ1n) is 8.61. The number of benzene rings is 1. The van der Waals surface area contributed by atoms with Crippen molar-refractivity contribution >= 4 is 23.1 Å². The van der Waals surface area contributed by atoms with Crippen LogP contribution in [0.5, 0.6) is 0 Å². The van der Waals surface area contributed by atoms with Gasteiger partial charge in [0.2, 0.25) is 5.95 Å². The van der Waals surface area contributed by atoms with Crippen molar-refractivity contribution in [1.82, 2.24) is 24.4 Å². The highest BCUT2D eigenvalue weighted by Gasteiger charge is 2.25. The third kappa shape index (κ3) is 2.53. The van der Waals surface area contributed by atoms with E-state index in [9.17, 15) is 4.79 Å². The van der Waals surface area contributed by atoms with Crippen LogP contribution >= 0.6 is 0 Å². The van der Waals surface area contributed by atoms with Gasteiger partial charge >= 0.3 is 6.03 Å². The molecule has 3 aromatic heterocycles. The fourth-order valence-electron chi connectivity index (χ4n) is 3.45. The highest BCUT2D eigenvalue weighted by molar-refractivity contribution is 5.93. The molecule has 0 radical (unpaired) electrons. The second-order valence-electron chi connectivity index (χ2n) is 6.42. The maximum Gasteiger partial charge on any atom is 0.331 e. The average molecular weight is 360 g/mol. The lowest BCUT2D eigenvalue weighted by Crippen LogP contribution is -2.38. The molecule has 4 aromatic rings. The fourth-order valence-corrected chi connectivity index (χ4v) is 3.45. The summed E-state index contributed by atoms with van der Waals surface area (Å²) in [5.74, 6) is 0.589. The molecule has 27 heavy (non-hydrogen) atoms. The van der Waals surface area contributed by atoms with Crippen molar-refractivity contribution in [3.63, 3.8) is 0 Å². The van der Waals surface area contributed by atoms with Crippen molar-refractivity contribution in [2.24, 2.45) is 0 Å². The number of carbonyl (C=O) groups is 1. The van der Waals surface area contributed by atoms with Gasteiger partial charge in [-0.25, -0.2) is 19.3 Å². The molecule has 5 rings (SSSR count). The van der Waals surface area contributed by atoms with Gasteiger partial charge in [0.05, 0.1) is 6.26 Å². The predicted octanol–water partition coefficient (Wildman–Crippen LogP) is 2.69. The van der Waals surface area contributed by atoms with Crippen LogP contribution in [0, 0.1) is 0 Å². The predicted molar refractivity (Wildman–Crippen MR) is 98.8 cm³/mol. The molecule has 1 aliphatic rings. The number of rotatable bonds is 1. The molecule has 1 aromatic carbocycles. The summed E-state index contributed by atoms with van der Waals surface area (Å²) in [5, 5.41) is 0. The molecule has 8 heteroatoms.